The molecule has 1 N–H and O–H groups in total. The molecule has 6 nitrogen and oxygen atoms in total. The Kier molecular flexibility index (Phi) is 7.61. The highest BCUT2D eigenvalue weighted by atomic mass is 32.2. The third-order valence-corrected chi connectivity index (χ3v) is 7.30. The van der Waals surface area contributed by atoms with Crippen molar-refractivity contribution in [3.05, 3.63) is 54.1 Å². The van der Waals surface area contributed by atoms with Gasteiger partial charge in [-0.1, -0.05) is 63.7 Å². The monoisotopic (exact) mass is 478 g/mol. The third kappa shape index (κ3) is 5.81. The van der Waals surface area contributed by atoms with Crippen LogP contribution in [0, 0.1) is 11.8 Å². The van der Waals surface area contributed by atoms with Gasteiger partial charge in [-0.2, -0.15) is 0 Å². The molecule has 4 rings (SSSR count). The molecular weight excluding hydrogens is 444 g/mol. The predicted octanol–water partition coefficient (Wildman–Crippen LogP) is 5.40. The zero-order chi connectivity index (χ0) is 24.2. The fraction of sp³-hybridized carbons (Fsp3) is 0.444. The molecule has 1 fully saturated rings. The summed E-state index contributed by atoms with van der Waals surface area (Å²) in [6.07, 6.45) is 1.16. The molecule has 0 radical (unpaired) electrons. The molecule has 180 valence electrons. The average Bonchev–Trinajstić information content (AvgIpc) is 3.14. The number of hydrogen-bond donors (Lipinski definition) is 1. The third-order valence-electron chi connectivity index (χ3n) is 6.33. The first kappa shape index (κ1) is 24.3. The van der Waals surface area contributed by atoms with Crippen molar-refractivity contribution >= 4 is 40.3 Å². The van der Waals surface area contributed by atoms with E-state index in [2.05, 4.69) is 33.0 Å². The molecule has 2 atom stereocenters. The van der Waals surface area contributed by atoms with Gasteiger partial charge in [0.05, 0.1) is 16.8 Å². The van der Waals surface area contributed by atoms with Gasteiger partial charge in [0, 0.05) is 18.8 Å². The second-order valence-electron chi connectivity index (χ2n) is 9.83. The number of amides is 2. The summed E-state index contributed by atoms with van der Waals surface area (Å²) in [5, 5.41) is 3.65. The molecule has 0 unspecified atom stereocenters. The first-order valence-electron chi connectivity index (χ1n) is 12.1. The second kappa shape index (κ2) is 10.6. The standard InChI is InChI=1S/C27H34N4O2S/c1-18(2)21-9-11-22(12-10-21)28-25(32)17-34-27-29-23-7-5-6-8-24(23)31(27)16-26(33)30-14-19(3)13-20(4)15-30/h5-12,18-20H,13-17H2,1-4H3,(H,28,32)/t19-,20-/m1/s1. The number of nitrogens with one attached hydrogen (secondary N) is 1. The van der Waals surface area contributed by atoms with E-state index >= 15 is 0 Å². The van der Waals surface area contributed by atoms with E-state index in [9.17, 15) is 9.59 Å². The smallest absolute Gasteiger partial charge is 0.242 e. The van der Waals surface area contributed by atoms with Crippen LogP contribution in [0.3, 0.4) is 0 Å². The second-order valence-corrected chi connectivity index (χ2v) is 10.8. The van der Waals surface area contributed by atoms with Crippen molar-refractivity contribution in [1.29, 1.82) is 0 Å². The van der Waals surface area contributed by atoms with Crippen LogP contribution >= 0.6 is 11.8 Å². The zero-order valence-electron chi connectivity index (χ0n) is 20.5. The van der Waals surface area contributed by atoms with Gasteiger partial charge in [0.2, 0.25) is 11.8 Å². The van der Waals surface area contributed by atoms with Crippen molar-refractivity contribution in [3.63, 3.8) is 0 Å². The van der Waals surface area contributed by atoms with Gasteiger partial charge in [0.25, 0.3) is 0 Å². The lowest BCUT2D eigenvalue weighted by Crippen LogP contribution is -2.44. The maximum atomic E-state index is 13.2. The van der Waals surface area contributed by atoms with Gasteiger partial charge in [0.15, 0.2) is 5.16 Å². The largest absolute Gasteiger partial charge is 0.341 e. The number of benzene rings is 2. The number of likely N-dealkylation sites (tertiary alicyclic amines) is 1. The number of anilines is 1. The normalized spacial score (nSPS) is 18.4. The number of rotatable bonds is 7. The van der Waals surface area contributed by atoms with Gasteiger partial charge in [-0.15, -0.1) is 0 Å². The SMILES string of the molecule is CC(C)c1ccc(NC(=O)CSc2nc3ccccc3n2CC(=O)N2C[C@H](C)C[C@@H](C)C2)cc1. The Labute approximate surface area is 206 Å². The molecule has 1 aliphatic rings. The zero-order valence-corrected chi connectivity index (χ0v) is 21.3. The van der Waals surface area contributed by atoms with Crippen LogP contribution < -0.4 is 5.32 Å². The van der Waals surface area contributed by atoms with E-state index in [0.29, 0.717) is 22.9 Å². The van der Waals surface area contributed by atoms with Crippen LogP contribution in [0.15, 0.2) is 53.7 Å². The first-order valence-corrected chi connectivity index (χ1v) is 13.0. The van der Waals surface area contributed by atoms with Crippen molar-refractivity contribution in [2.75, 3.05) is 24.2 Å². The Balaban J connectivity index is 1.45. The number of carbonyl (C=O) groups is 2. The van der Waals surface area contributed by atoms with Crippen LogP contribution in [0.1, 0.15) is 45.6 Å². The molecule has 3 aromatic rings. The topological polar surface area (TPSA) is 67.2 Å². The molecule has 7 heteroatoms. The summed E-state index contributed by atoms with van der Waals surface area (Å²) in [5.41, 5.74) is 3.78. The van der Waals surface area contributed by atoms with Crippen molar-refractivity contribution in [2.45, 2.75) is 51.7 Å². The lowest BCUT2D eigenvalue weighted by molar-refractivity contribution is -0.134. The van der Waals surface area contributed by atoms with Crippen LogP contribution in [0.5, 0.6) is 0 Å². The van der Waals surface area contributed by atoms with Crippen molar-refractivity contribution in [2.24, 2.45) is 11.8 Å². The highest BCUT2D eigenvalue weighted by Crippen LogP contribution is 2.26. The highest BCUT2D eigenvalue weighted by molar-refractivity contribution is 7.99. The number of aromatic nitrogens is 2. The Morgan fingerprint density at radius 1 is 1.06 bits per heavy atom. The van der Waals surface area contributed by atoms with E-state index in [1.807, 2.05) is 58.0 Å². The van der Waals surface area contributed by atoms with Crippen molar-refractivity contribution in [3.8, 4) is 0 Å². The van der Waals surface area contributed by atoms with Crippen LogP contribution in [0.25, 0.3) is 11.0 Å². The van der Waals surface area contributed by atoms with Gasteiger partial charge < -0.3 is 14.8 Å². The molecule has 1 saturated heterocycles. The van der Waals surface area contributed by atoms with Crippen LogP contribution in [0.2, 0.25) is 0 Å². The quantitative estimate of drug-likeness (QED) is 0.462. The molecule has 0 saturated carbocycles. The summed E-state index contributed by atoms with van der Waals surface area (Å²) in [6, 6.07) is 15.8. The number of nitrogens with zero attached hydrogens (tertiary/aromatic N) is 3. The van der Waals surface area contributed by atoms with Gasteiger partial charge >= 0.3 is 0 Å². The number of fused-ring (bicyclic) bond motifs is 1. The molecule has 2 amide bonds. The molecule has 1 aromatic heterocycles. The molecule has 1 aliphatic heterocycles. The summed E-state index contributed by atoms with van der Waals surface area (Å²) in [5.74, 6) is 1.72. The summed E-state index contributed by atoms with van der Waals surface area (Å²) in [7, 11) is 0. The molecule has 0 spiro atoms. The van der Waals surface area contributed by atoms with Gasteiger partial charge in [-0.3, -0.25) is 9.59 Å². The van der Waals surface area contributed by atoms with Gasteiger partial charge in [0.1, 0.15) is 6.54 Å². The summed E-state index contributed by atoms with van der Waals surface area (Å²) in [6.45, 7) is 10.5. The van der Waals surface area contributed by atoms with Gasteiger partial charge in [-0.05, 0) is 54.0 Å². The van der Waals surface area contributed by atoms with Crippen molar-refractivity contribution < 1.29 is 9.59 Å². The van der Waals surface area contributed by atoms with Crippen LogP contribution in [-0.4, -0.2) is 45.1 Å². The maximum Gasteiger partial charge on any atom is 0.242 e. The first-order chi connectivity index (χ1) is 16.3. The number of piperidine rings is 1. The van der Waals surface area contributed by atoms with E-state index in [-0.39, 0.29) is 24.1 Å². The summed E-state index contributed by atoms with van der Waals surface area (Å²) in [4.78, 5) is 32.5. The summed E-state index contributed by atoms with van der Waals surface area (Å²) < 4.78 is 1.96. The number of para-hydroxylation sites is 2. The minimum atomic E-state index is -0.0918. The van der Waals surface area contributed by atoms with Gasteiger partial charge in [-0.25, -0.2) is 4.98 Å². The molecule has 34 heavy (non-hydrogen) atoms. The lowest BCUT2D eigenvalue weighted by Gasteiger charge is -2.35. The summed E-state index contributed by atoms with van der Waals surface area (Å²) >= 11 is 1.37. The number of hydrogen-bond acceptors (Lipinski definition) is 4. The molecule has 2 aromatic carbocycles. The maximum absolute atomic E-state index is 13.2. The minimum absolute atomic E-state index is 0.0918. The Hall–Kier alpha value is -2.80. The molecule has 0 bridgehead atoms. The van der Waals surface area contributed by atoms with E-state index in [1.54, 1.807) is 0 Å². The van der Waals surface area contributed by atoms with Crippen LogP contribution in [-0.2, 0) is 16.1 Å². The van der Waals surface area contributed by atoms with E-state index in [4.69, 9.17) is 4.98 Å². The Morgan fingerprint density at radius 2 is 1.74 bits per heavy atom. The lowest BCUT2D eigenvalue weighted by atomic mass is 9.92. The molecule has 0 aliphatic carbocycles. The fourth-order valence-corrected chi connectivity index (χ4v) is 5.51. The number of carbonyl (C=O) groups excluding carboxylic acids is 2. The van der Waals surface area contributed by atoms with E-state index < -0.39 is 0 Å². The predicted molar refractivity (Wildman–Crippen MR) is 139 cm³/mol. The average molecular weight is 479 g/mol. The fourth-order valence-electron chi connectivity index (χ4n) is 4.70. The molecule has 2 heterocycles. The highest BCUT2D eigenvalue weighted by Gasteiger charge is 2.26. The number of thioether (sulfide) groups is 1. The Bertz CT molecular complexity index is 1150. The minimum Gasteiger partial charge on any atom is -0.341 e. The van der Waals surface area contributed by atoms with E-state index in [0.717, 1.165) is 36.2 Å². The van der Waals surface area contributed by atoms with E-state index in [1.165, 1.54) is 17.3 Å². The van der Waals surface area contributed by atoms with Crippen LogP contribution in [0.4, 0.5) is 5.69 Å². The molecular formula is C27H34N4O2S. The number of imidazole rings is 1. The van der Waals surface area contributed by atoms with Crippen molar-refractivity contribution in [1.82, 2.24) is 14.5 Å². The Morgan fingerprint density at radius 3 is 2.41 bits per heavy atom.